The van der Waals surface area contributed by atoms with Gasteiger partial charge in [0.05, 0.1) is 17.4 Å². The number of para-hydroxylation sites is 1. The summed E-state index contributed by atoms with van der Waals surface area (Å²) >= 11 is 0. The highest BCUT2D eigenvalue weighted by atomic mass is 16.1. The first-order valence-corrected chi connectivity index (χ1v) is 6.64. The molecule has 3 aromatic rings. The van der Waals surface area contributed by atoms with Gasteiger partial charge < -0.3 is 9.55 Å². The zero-order valence-corrected chi connectivity index (χ0v) is 11.5. The Kier molecular flexibility index (Phi) is 3.10. The first kappa shape index (κ1) is 12.6. The number of H-pyrrole nitrogens is 1. The summed E-state index contributed by atoms with van der Waals surface area (Å²) in [4.78, 5) is 23.7. The second-order valence-electron chi connectivity index (χ2n) is 5.10. The van der Waals surface area contributed by atoms with Crippen molar-refractivity contribution in [1.29, 1.82) is 0 Å². The van der Waals surface area contributed by atoms with Gasteiger partial charge in [-0.1, -0.05) is 26.0 Å². The van der Waals surface area contributed by atoms with Crippen molar-refractivity contribution >= 4 is 10.9 Å². The minimum Gasteiger partial charge on any atom is -0.327 e. The lowest BCUT2D eigenvalue weighted by Crippen LogP contribution is -2.15. The van der Waals surface area contributed by atoms with Crippen LogP contribution in [0.5, 0.6) is 0 Å². The van der Waals surface area contributed by atoms with Crippen LogP contribution >= 0.6 is 0 Å². The Hall–Kier alpha value is -2.43. The van der Waals surface area contributed by atoms with E-state index in [9.17, 15) is 4.79 Å². The molecule has 0 radical (unpaired) electrons. The van der Waals surface area contributed by atoms with Gasteiger partial charge in [0.25, 0.3) is 5.56 Å². The Labute approximate surface area is 116 Å². The molecule has 1 aromatic carbocycles. The fourth-order valence-electron chi connectivity index (χ4n) is 2.33. The smallest absolute Gasteiger partial charge is 0.258 e. The van der Waals surface area contributed by atoms with Gasteiger partial charge in [0.2, 0.25) is 0 Å². The number of hydrogen-bond acceptors (Lipinski definition) is 3. The molecule has 0 spiro atoms. The molecule has 0 bridgehead atoms. The van der Waals surface area contributed by atoms with Crippen molar-refractivity contribution in [2.45, 2.75) is 26.3 Å². The maximum Gasteiger partial charge on any atom is 0.258 e. The number of fused-ring (bicyclic) bond motifs is 1. The van der Waals surface area contributed by atoms with Crippen LogP contribution in [0.3, 0.4) is 0 Å². The van der Waals surface area contributed by atoms with Gasteiger partial charge >= 0.3 is 0 Å². The molecule has 0 saturated carbocycles. The van der Waals surface area contributed by atoms with Crippen molar-refractivity contribution in [3.63, 3.8) is 0 Å². The molecule has 0 fully saturated rings. The van der Waals surface area contributed by atoms with E-state index in [1.54, 1.807) is 12.3 Å². The van der Waals surface area contributed by atoms with E-state index >= 15 is 0 Å². The molecule has 0 aliphatic heterocycles. The molecule has 1 N–H and O–H groups in total. The summed E-state index contributed by atoms with van der Waals surface area (Å²) < 4.78 is 2.01. The summed E-state index contributed by atoms with van der Waals surface area (Å²) in [5.74, 6) is 1.96. The molecule has 0 atom stereocenters. The second kappa shape index (κ2) is 4.92. The monoisotopic (exact) mass is 268 g/mol. The number of nitrogens with one attached hydrogen (secondary N) is 1. The average Bonchev–Trinajstić information content (AvgIpc) is 2.87. The van der Waals surface area contributed by atoms with E-state index < -0.39 is 0 Å². The lowest BCUT2D eigenvalue weighted by molar-refractivity contribution is 0.650. The summed E-state index contributed by atoms with van der Waals surface area (Å²) in [5, 5.41) is 0.617. The van der Waals surface area contributed by atoms with Crippen molar-refractivity contribution in [2.24, 2.45) is 0 Å². The molecule has 0 amide bonds. The summed E-state index contributed by atoms with van der Waals surface area (Å²) in [6, 6.07) is 7.36. The van der Waals surface area contributed by atoms with Gasteiger partial charge in [-0.25, -0.2) is 9.97 Å². The zero-order valence-electron chi connectivity index (χ0n) is 11.5. The molecule has 0 unspecified atom stereocenters. The van der Waals surface area contributed by atoms with Gasteiger partial charge in [-0.2, -0.15) is 0 Å². The quantitative estimate of drug-likeness (QED) is 0.792. The van der Waals surface area contributed by atoms with E-state index in [1.165, 1.54) is 0 Å². The van der Waals surface area contributed by atoms with Crippen molar-refractivity contribution < 1.29 is 0 Å². The number of aromatic amines is 1. The Bertz CT molecular complexity index is 801. The normalized spacial score (nSPS) is 11.3. The highest BCUT2D eigenvalue weighted by Crippen LogP contribution is 2.13. The molecular formula is C15H16N4O. The minimum atomic E-state index is -0.100. The largest absolute Gasteiger partial charge is 0.327 e. The fourth-order valence-corrected chi connectivity index (χ4v) is 2.33. The van der Waals surface area contributed by atoms with Gasteiger partial charge in [-0.3, -0.25) is 4.79 Å². The number of benzene rings is 1. The maximum absolute atomic E-state index is 12.0. The van der Waals surface area contributed by atoms with Gasteiger partial charge in [-0.05, 0) is 12.1 Å². The predicted molar refractivity (Wildman–Crippen MR) is 77.8 cm³/mol. The molecule has 5 nitrogen and oxygen atoms in total. The molecule has 2 aromatic heterocycles. The van der Waals surface area contributed by atoms with Crippen LogP contribution in [0, 0.1) is 0 Å². The maximum atomic E-state index is 12.0. The minimum absolute atomic E-state index is 0.100. The molecule has 0 saturated heterocycles. The third-order valence-corrected chi connectivity index (χ3v) is 3.25. The SMILES string of the molecule is CC(C)c1nccn1Cc1nc2ccccc2c(=O)[nH]1. The predicted octanol–water partition coefficient (Wildman–Crippen LogP) is 2.29. The molecule has 2 heterocycles. The standard InChI is InChI=1S/C15H16N4O/c1-10(2)14-16-7-8-19(14)9-13-17-12-6-4-3-5-11(12)15(20)18-13/h3-8,10H,9H2,1-2H3,(H,17,18,20). The molecule has 102 valence electrons. The number of rotatable bonds is 3. The van der Waals surface area contributed by atoms with Crippen molar-refractivity contribution in [1.82, 2.24) is 19.5 Å². The van der Waals surface area contributed by atoms with Crippen LogP contribution in [-0.4, -0.2) is 19.5 Å². The third kappa shape index (κ3) is 2.22. The topological polar surface area (TPSA) is 63.6 Å². The van der Waals surface area contributed by atoms with Crippen LogP contribution in [0.2, 0.25) is 0 Å². The molecule has 3 rings (SSSR count). The Morgan fingerprint density at radius 1 is 1.30 bits per heavy atom. The number of aromatic nitrogens is 4. The van der Waals surface area contributed by atoms with Crippen molar-refractivity contribution in [2.75, 3.05) is 0 Å². The highest BCUT2D eigenvalue weighted by molar-refractivity contribution is 5.77. The van der Waals surface area contributed by atoms with Crippen LogP contribution < -0.4 is 5.56 Å². The van der Waals surface area contributed by atoms with Gasteiger partial charge in [0.15, 0.2) is 0 Å². The number of hydrogen-bond donors (Lipinski definition) is 1. The molecule has 20 heavy (non-hydrogen) atoms. The van der Waals surface area contributed by atoms with Crippen molar-refractivity contribution in [3.8, 4) is 0 Å². The van der Waals surface area contributed by atoms with Crippen LogP contribution in [0.15, 0.2) is 41.5 Å². The lowest BCUT2D eigenvalue weighted by Gasteiger charge is -2.10. The highest BCUT2D eigenvalue weighted by Gasteiger charge is 2.09. The fraction of sp³-hybridized carbons (Fsp3) is 0.267. The first-order chi connectivity index (χ1) is 9.65. The van der Waals surface area contributed by atoms with Gasteiger partial charge in [0.1, 0.15) is 11.6 Å². The van der Waals surface area contributed by atoms with E-state index in [-0.39, 0.29) is 5.56 Å². The average molecular weight is 268 g/mol. The van der Waals surface area contributed by atoms with Crippen LogP contribution in [-0.2, 0) is 6.54 Å². The summed E-state index contributed by atoms with van der Waals surface area (Å²) in [6.45, 7) is 4.71. The van der Waals surface area contributed by atoms with E-state index in [0.717, 1.165) is 11.3 Å². The third-order valence-electron chi connectivity index (χ3n) is 3.25. The summed E-state index contributed by atoms with van der Waals surface area (Å²) in [5.41, 5.74) is 0.620. The van der Waals surface area contributed by atoms with Crippen LogP contribution in [0.25, 0.3) is 10.9 Å². The number of nitrogens with zero attached hydrogens (tertiary/aromatic N) is 3. The van der Waals surface area contributed by atoms with E-state index in [1.807, 2.05) is 29.0 Å². The van der Waals surface area contributed by atoms with Crippen LogP contribution in [0.4, 0.5) is 0 Å². The Morgan fingerprint density at radius 3 is 2.90 bits per heavy atom. The lowest BCUT2D eigenvalue weighted by atomic mass is 10.2. The molecule has 5 heteroatoms. The number of imidazole rings is 1. The van der Waals surface area contributed by atoms with Crippen molar-refractivity contribution in [3.05, 3.63) is 58.7 Å². The molecule has 0 aliphatic carbocycles. The first-order valence-electron chi connectivity index (χ1n) is 6.64. The Balaban J connectivity index is 2.03. The van der Waals surface area contributed by atoms with E-state index in [4.69, 9.17) is 0 Å². The zero-order chi connectivity index (χ0) is 14.1. The van der Waals surface area contributed by atoms with E-state index in [2.05, 4.69) is 28.8 Å². The Morgan fingerprint density at radius 2 is 2.10 bits per heavy atom. The molecular weight excluding hydrogens is 252 g/mol. The van der Waals surface area contributed by atoms with E-state index in [0.29, 0.717) is 23.7 Å². The summed E-state index contributed by atoms with van der Waals surface area (Å²) in [6.07, 6.45) is 3.68. The summed E-state index contributed by atoms with van der Waals surface area (Å²) in [7, 11) is 0. The second-order valence-corrected chi connectivity index (χ2v) is 5.10. The van der Waals surface area contributed by atoms with Crippen LogP contribution in [0.1, 0.15) is 31.4 Å². The van der Waals surface area contributed by atoms with Gasteiger partial charge in [-0.15, -0.1) is 0 Å². The van der Waals surface area contributed by atoms with Gasteiger partial charge in [0, 0.05) is 18.3 Å². The molecule has 0 aliphatic rings.